The third-order valence-corrected chi connectivity index (χ3v) is 14.1. The van der Waals surface area contributed by atoms with Crippen LogP contribution in [0.3, 0.4) is 0 Å². The van der Waals surface area contributed by atoms with Gasteiger partial charge in [0.2, 0.25) is 0 Å². The Bertz CT molecular complexity index is 1610. The Labute approximate surface area is 272 Å². The fourth-order valence-corrected chi connectivity index (χ4v) is 11.4. The molecule has 1 unspecified atom stereocenters. The molecule has 0 amide bonds. The van der Waals surface area contributed by atoms with Gasteiger partial charge in [-0.3, -0.25) is 14.3 Å². The van der Waals surface area contributed by atoms with Crippen LogP contribution in [0.15, 0.2) is 107 Å². The number of nitrogens with one attached hydrogen (secondary N) is 1. The Balaban J connectivity index is 1.59. The highest BCUT2D eigenvalue weighted by Crippen LogP contribution is 2.42. The fraction of sp³-hybridized carbons (Fsp3) is 0.405. The van der Waals surface area contributed by atoms with Gasteiger partial charge in [0.1, 0.15) is 6.23 Å². The van der Waals surface area contributed by atoms with E-state index >= 15 is 0 Å². The third kappa shape index (κ3) is 7.34. The summed E-state index contributed by atoms with van der Waals surface area (Å²) in [6.45, 7) is 9.75. The molecule has 0 saturated carbocycles. The summed E-state index contributed by atoms with van der Waals surface area (Å²) in [5.41, 5.74) is 6.66. The molecule has 5 rings (SSSR count). The Kier molecular flexibility index (Phi) is 10.9. The van der Waals surface area contributed by atoms with Crippen LogP contribution < -0.4 is 27.4 Å². The van der Waals surface area contributed by atoms with Gasteiger partial charge in [-0.05, 0) is 59.6 Å². The van der Waals surface area contributed by atoms with Gasteiger partial charge in [0.25, 0.3) is 13.9 Å². The van der Waals surface area contributed by atoms with Crippen molar-refractivity contribution in [3.8, 4) is 0 Å². The number of benzene rings is 3. The lowest BCUT2D eigenvalue weighted by molar-refractivity contribution is -0.0908. The first-order valence-electron chi connectivity index (χ1n) is 16.2. The molecule has 0 aliphatic carbocycles. The molecule has 1 aliphatic rings. The lowest BCUT2D eigenvalue weighted by Crippen LogP contribution is -2.69. The molecular formula is C37H47N3O5Si. The number of hydrogen-bond donors (Lipinski definition) is 2. The second-order valence-corrected chi connectivity index (χ2v) is 17.5. The second-order valence-electron chi connectivity index (χ2n) is 13.3. The van der Waals surface area contributed by atoms with Gasteiger partial charge in [0.15, 0.2) is 0 Å². The van der Waals surface area contributed by atoms with Gasteiger partial charge in [0, 0.05) is 11.8 Å². The summed E-state index contributed by atoms with van der Waals surface area (Å²) in [6, 6.07) is 31.2. The molecule has 2 heterocycles. The van der Waals surface area contributed by atoms with Gasteiger partial charge in [-0.15, -0.1) is 0 Å². The molecule has 3 aromatic carbocycles. The van der Waals surface area contributed by atoms with Gasteiger partial charge >= 0.3 is 5.69 Å². The zero-order chi connectivity index (χ0) is 32.7. The van der Waals surface area contributed by atoms with Crippen molar-refractivity contribution in [1.29, 1.82) is 0 Å². The quantitative estimate of drug-likeness (QED) is 0.206. The predicted molar refractivity (Wildman–Crippen MR) is 185 cm³/mol. The van der Waals surface area contributed by atoms with Crippen LogP contribution in [0, 0.1) is 12.8 Å². The number of nitrogens with two attached hydrogens (primary N) is 1. The highest BCUT2D eigenvalue weighted by atomic mass is 28.4. The van der Waals surface area contributed by atoms with Crippen molar-refractivity contribution in [2.75, 3.05) is 13.2 Å². The van der Waals surface area contributed by atoms with E-state index < -0.39 is 31.9 Å². The molecule has 1 fully saturated rings. The molecule has 4 aromatic rings. The van der Waals surface area contributed by atoms with Crippen molar-refractivity contribution in [2.24, 2.45) is 11.7 Å². The number of rotatable bonds is 13. The largest absolute Gasteiger partial charge is 0.399 e. The zero-order valence-corrected chi connectivity index (χ0v) is 28.4. The highest BCUT2D eigenvalue weighted by Gasteiger charge is 2.54. The molecule has 0 bridgehead atoms. The Morgan fingerprint density at radius 3 is 2.11 bits per heavy atom. The standard InChI is InChI=1S/C37H47N3O5Si/c1-27-24-40(36(42)39-35(27)41)33-23-29(17-14-22-38)34(44-33)32(26-43-25-28-15-8-5-9-16-28)45-46(37(2,3)4,30-18-10-6-11-19-30)31-20-12-7-13-21-31/h5-13,15-16,18-21,24,29,32-34H,14,17,22-23,25-26,38H2,1-4H3,(H,39,41,42)/t29-,32?,33+,34-/m0/s1. The number of H-pyrrole nitrogens is 1. The second kappa shape index (κ2) is 14.9. The van der Waals surface area contributed by atoms with E-state index in [1.54, 1.807) is 13.1 Å². The van der Waals surface area contributed by atoms with Crippen molar-refractivity contribution < 1.29 is 13.9 Å². The molecule has 9 heteroatoms. The molecule has 0 spiro atoms. The summed E-state index contributed by atoms with van der Waals surface area (Å²) in [7, 11) is -3.00. The molecular weight excluding hydrogens is 595 g/mol. The predicted octanol–water partition coefficient (Wildman–Crippen LogP) is 4.65. The van der Waals surface area contributed by atoms with E-state index in [0.717, 1.165) is 18.4 Å². The van der Waals surface area contributed by atoms with Crippen LogP contribution in [0.1, 0.15) is 57.4 Å². The number of aromatic amines is 1. The lowest BCUT2D eigenvalue weighted by Gasteiger charge is -2.46. The Morgan fingerprint density at radius 1 is 0.957 bits per heavy atom. The van der Waals surface area contributed by atoms with Crippen molar-refractivity contribution in [3.05, 3.63) is 129 Å². The SMILES string of the molecule is Cc1cn([C@H]2C[C@H](CCCN)[C@@H](C(COCc3ccccc3)O[Si](c3ccccc3)(c3ccccc3)C(C)(C)C)O2)c(=O)[nH]c1=O. The topological polar surface area (TPSA) is 109 Å². The van der Waals surface area contributed by atoms with Crippen LogP contribution in [0.4, 0.5) is 0 Å². The van der Waals surface area contributed by atoms with E-state index in [4.69, 9.17) is 19.6 Å². The Hall–Kier alpha value is -3.60. The van der Waals surface area contributed by atoms with Crippen molar-refractivity contribution in [1.82, 2.24) is 9.55 Å². The molecule has 1 aromatic heterocycles. The van der Waals surface area contributed by atoms with E-state index in [1.165, 1.54) is 14.9 Å². The minimum Gasteiger partial charge on any atom is -0.399 e. The molecule has 4 atom stereocenters. The normalized spacial score (nSPS) is 19.3. The van der Waals surface area contributed by atoms with E-state index in [9.17, 15) is 9.59 Å². The lowest BCUT2D eigenvalue weighted by atomic mass is 9.92. The van der Waals surface area contributed by atoms with Crippen LogP contribution in [0.5, 0.6) is 0 Å². The molecule has 1 aliphatic heterocycles. The van der Waals surface area contributed by atoms with Crippen molar-refractivity contribution in [3.63, 3.8) is 0 Å². The maximum Gasteiger partial charge on any atom is 0.330 e. The van der Waals surface area contributed by atoms with Gasteiger partial charge in [-0.25, -0.2) is 4.79 Å². The minimum atomic E-state index is -3.00. The number of ether oxygens (including phenoxy) is 2. The minimum absolute atomic E-state index is 0.0521. The van der Waals surface area contributed by atoms with Gasteiger partial charge in [0.05, 0.1) is 25.4 Å². The molecule has 8 nitrogen and oxygen atoms in total. The summed E-state index contributed by atoms with van der Waals surface area (Å²) in [5, 5.41) is 2.08. The summed E-state index contributed by atoms with van der Waals surface area (Å²) in [6.07, 6.45) is 2.42. The molecule has 3 N–H and O–H groups in total. The maximum absolute atomic E-state index is 13.0. The van der Waals surface area contributed by atoms with Gasteiger partial charge < -0.3 is 19.6 Å². The van der Waals surface area contributed by atoms with E-state index in [0.29, 0.717) is 31.7 Å². The van der Waals surface area contributed by atoms with E-state index in [-0.39, 0.29) is 17.1 Å². The van der Waals surface area contributed by atoms with Crippen LogP contribution in [-0.2, 0) is 20.5 Å². The average Bonchev–Trinajstić information content (AvgIpc) is 3.48. The van der Waals surface area contributed by atoms with E-state index in [2.05, 4.69) is 86.4 Å². The van der Waals surface area contributed by atoms with Crippen LogP contribution in [-0.4, -0.2) is 43.2 Å². The summed E-state index contributed by atoms with van der Waals surface area (Å²) in [4.78, 5) is 27.6. The number of nitrogens with zero attached hydrogens (tertiary/aromatic N) is 1. The van der Waals surface area contributed by atoms with E-state index in [1.807, 2.05) is 30.3 Å². The van der Waals surface area contributed by atoms with Crippen molar-refractivity contribution >= 4 is 18.7 Å². The number of aryl methyl sites for hydroxylation is 1. The fourth-order valence-electron chi connectivity index (χ4n) is 6.76. The third-order valence-electron chi connectivity index (χ3n) is 9.02. The molecule has 0 radical (unpaired) electrons. The summed E-state index contributed by atoms with van der Waals surface area (Å²) < 4.78 is 22.5. The number of aromatic nitrogens is 2. The smallest absolute Gasteiger partial charge is 0.330 e. The maximum atomic E-state index is 13.0. The van der Waals surface area contributed by atoms with Crippen LogP contribution in [0.25, 0.3) is 0 Å². The summed E-state index contributed by atoms with van der Waals surface area (Å²) >= 11 is 0. The van der Waals surface area contributed by atoms with Gasteiger partial charge in [-0.2, -0.15) is 0 Å². The Morgan fingerprint density at radius 2 is 1.54 bits per heavy atom. The highest BCUT2D eigenvalue weighted by molar-refractivity contribution is 6.99. The first-order valence-corrected chi connectivity index (χ1v) is 18.1. The first-order chi connectivity index (χ1) is 22.1. The zero-order valence-electron chi connectivity index (χ0n) is 27.4. The molecule has 1 saturated heterocycles. The first kappa shape index (κ1) is 33.8. The van der Waals surface area contributed by atoms with Gasteiger partial charge in [-0.1, -0.05) is 112 Å². The molecule has 46 heavy (non-hydrogen) atoms. The monoisotopic (exact) mass is 641 g/mol. The average molecular weight is 642 g/mol. The summed E-state index contributed by atoms with van der Waals surface area (Å²) in [5.74, 6) is 0.0521. The van der Waals surface area contributed by atoms with Crippen molar-refractivity contribution in [2.45, 2.75) is 77.0 Å². The van der Waals surface area contributed by atoms with Crippen LogP contribution >= 0.6 is 0 Å². The molecule has 244 valence electrons. The number of hydrogen-bond acceptors (Lipinski definition) is 6. The van der Waals surface area contributed by atoms with Crippen LogP contribution in [0.2, 0.25) is 5.04 Å².